The number of hydrogen-bond donors (Lipinski definition) is 0. The van der Waals surface area contributed by atoms with E-state index in [1.807, 2.05) is 41.8 Å². The van der Waals surface area contributed by atoms with Gasteiger partial charge in [-0.2, -0.15) is 0 Å². The number of carbonyl (C=O) groups excluding carboxylic acids is 1. The quantitative estimate of drug-likeness (QED) is 0.810. The molecule has 0 fully saturated rings. The number of aromatic nitrogens is 2. The zero-order valence-corrected chi connectivity index (χ0v) is 12.4. The summed E-state index contributed by atoms with van der Waals surface area (Å²) < 4.78 is 7.49. The van der Waals surface area contributed by atoms with Gasteiger partial charge in [0.1, 0.15) is 5.69 Å². The predicted octanol–water partition coefficient (Wildman–Crippen LogP) is 3.43. The Morgan fingerprint density at radius 1 is 1.42 bits per heavy atom. The number of hydrogen-bond acceptors (Lipinski definition) is 3. The molecular weight excluding hydrogens is 308 g/mol. The SMILES string of the molecule is CCOC(=O)c1cnc(Br)n1C(C)c1ccccc1. The summed E-state index contributed by atoms with van der Waals surface area (Å²) in [5.74, 6) is -0.358. The van der Waals surface area contributed by atoms with Crippen LogP contribution in [0.5, 0.6) is 0 Å². The Hall–Kier alpha value is -1.62. The molecule has 1 heterocycles. The van der Waals surface area contributed by atoms with Crippen LogP contribution in [0.15, 0.2) is 41.3 Å². The first-order chi connectivity index (χ1) is 9.15. The van der Waals surface area contributed by atoms with Crippen molar-refractivity contribution in [1.82, 2.24) is 9.55 Å². The molecule has 19 heavy (non-hydrogen) atoms. The van der Waals surface area contributed by atoms with Gasteiger partial charge in [-0.05, 0) is 35.3 Å². The van der Waals surface area contributed by atoms with Crippen molar-refractivity contribution in [1.29, 1.82) is 0 Å². The molecule has 1 atom stereocenters. The topological polar surface area (TPSA) is 44.1 Å². The van der Waals surface area contributed by atoms with Crippen LogP contribution in [0.1, 0.15) is 35.9 Å². The fraction of sp³-hybridized carbons (Fsp3) is 0.286. The molecule has 100 valence electrons. The number of esters is 1. The molecule has 0 radical (unpaired) electrons. The lowest BCUT2D eigenvalue weighted by Crippen LogP contribution is -2.16. The number of carbonyl (C=O) groups is 1. The van der Waals surface area contributed by atoms with E-state index in [2.05, 4.69) is 20.9 Å². The van der Waals surface area contributed by atoms with Crippen molar-refractivity contribution in [2.75, 3.05) is 6.61 Å². The van der Waals surface area contributed by atoms with Crippen LogP contribution in [0.4, 0.5) is 0 Å². The lowest BCUT2D eigenvalue weighted by Gasteiger charge is -2.17. The Kier molecular flexibility index (Phi) is 4.37. The summed E-state index contributed by atoms with van der Waals surface area (Å²) in [5.41, 5.74) is 1.55. The molecule has 2 aromatic rings. The van der Waals surface area contributed by atoms with Crippen LogP contribution >= 0.6 is 15.9 Å². The third kappa shape index (κ3) is 2.87. The summed E-state index contributed by atoms with van der Waals surface area (Å²) in [7, 11) is 0. The first kappa shape index (κ1) is 13.8. The smallest absolute Gasteiger partial charge is 0.356 e. The lowest BCUT2D eigenvalue weighted by molar-refractivity contribution is 0.0512. The zero-order chi connectivity index (χ0) is 13.8. The average Bonchev–Trinajstić information content (AvgIpc) is 2.81. The molecule has 0 aliphatic heterocycles. The third-order valence-corrected chi connectivity index (χ3v) is 3.49. The van der Waals surface area contributed by atoms with Gasteiger partial charge in [0.2, 0.25) is 0 Å². The standard InChI is InChI=1S/C14H15BrN2O2/c1-3-19-13(18)12-9-16-14(15)17(12)10(2)11-7-5-4-6-8-11/h4-10H,3H2,1-2H3. The molecule has 0 aliphatic carbocycles. The summed E-state index contributed by atoms with van der Waals surface area (Å²) in [4.78, 5) is 16.1. The van der Waals surface area contributed by atoms with Gasteiger partial charge in [-0.3, -0.25) is 0 Å². The van der Waals surface area contributed by atoms with Crippen LogP contribution in [-0.2, 0) is 4.74 Å². The van der Waals surface area contributed by atoms with Crippen molar-refractivity contribution in [3.05, 3.63) is 52.5 Å². The van der Waals surface area contributed by atoms with Gasteiger partial charge >= 0.3 is 5.97 Å². The Morgan fingerprint density at radius 3 is 2.74 bits per heavy atom. The number of rotatable bonds is 4. The number of halogens is 1. The number of imidazole rings is 1. The normalized spacial score (nSPS) is 12.2. The summed E-state index contributed by atoms with van der Waals surface area (Å²) in [6.45, 7) is 4.15. The van der Waals surface area contributed by atoms with Gasteiger partial charge in [0, 0.05) is 0 Å². The third-order valence-electron chi connectivity index (χ3n) is 2.91. The fourth-order valence-electron chi connectivity index (χ4n) is 1.94. The van der Waals surface area contributed by atoms with Crippen LogP contribution in [0.3, 0.4) is 0 Å². The van der Waals surface area contributed by atoms with Gasteiger partial charge in [0.15, 0.2) is 4.73 Å². The highest BCUT2D eigenvalue weighted by Crippen LogP contribution is 2.25. The van der Waals surface area contributed by atoms with Crippen LogP contribution in [-0.4, -0.2) is 22.1 Å². The second kappa shape index (κ2) is 6.02. The average molecular weight is 323 g/mol. The Morgan fingerprint density at radius 2 is 2.11 bits per heavy atom. The second-order valence-electron chi connectivity index (χ2n) is 4.09. The molecule has 0 saturated carbocycles. The maximum atomic E-state index is 11.9. The van der Waals surface area contributed by atoms with Crippen molar-refractivity contribution in [3.8, 4) is 0 Å². The van der Waals surface area contributed by atoms with E-state index in [1.54, 1.807) is 6.92 Å². The van der Waals surface area contributed by atoms with Crippen LogP contribution in [0, 0.1) is 0 Å². The highest BCUT2D eigenvalue weighted by molar-refractivity contribution is 9.10. The highest BCUT2D eigenvalue weighted by Gasteiger charge is 2.21. The van der Waals surface area contributed by atoms with E-state index in [9.17, 15) is 4.79 Å². The molecule has 2 rings (SSSR count). The van der Waals surface area contributed by atoms with E-state index in [4.69, 9.17) is 4.74 Å². The summed E-state index contributed by atoms with van der Waals surface area (Å²) in [6.07, 6.45) is 1.53. The van der Waals surface area contributed by atoms with Gasteiger partial charge in [-0.25, -0.2) is 9.78 Å². The van der Waals surface area contributed by atoms with Crippen LogP contribution in [0.25, 0.3) is 0 Å². The second-order valence-corrected chi connectivity index (χ2v) is 4.80. The van der Waals surface area contributed by atoms with Gasteiger partial charge in [0.05, 0.1) is 18.8 Å². The Balaban J connectivity index is 2.39. The lowest BCUT2D eigenvalue weighted by atomic mass is 10.1. The summed E-state index contributed by atoms with van der Waals surface area (Å²) in [6, 6.07) is 9.95. The first-order valence-electron chi connectivity index (χ1n) is 6.10. The van der Waals surface area contributed by atoms with E-state index in [0.29, 0.717) is 17.0 Å². The van der Waals surface area contributed by atoms with Crippen LogP contribution in [0.2, 0.25) is 0 Å². The predicted molar refractivity (Wildman–Crippen MR) is 76.1 cm³/mol. The number of ether oxygens (including phenoxy) is 1. The first-order valence-corrected chi connectivity index (χ1v) is 6.89. The van der Waals surface area contributed by atoms with Crippen molar-refractivity contribution in [2.24, 2.45) is 0 Å². The maximum absolute atomic E-state index is 11.9. The molecular formula is C14H15BrN2O2. The molecule has 1 aromatic carbocycles. The molecule has 1 unspecified atom stereocenters. The fourth-order valence-corrected chi connectivity index (χ4v) is 2.54. The molecule has 5 heteroatoms. The van der Waals surface area contributed by atoms with Gasteiger partial charge in [-0.15, -0.1) is 0 Å². The van der Waals surface area contributed by atoms with E-state index < -0.39 is 0 Å². The van der Waals surface area contributed by atoms with Crippen LogP contribution < -0.4 is 0 Å². The van der Waals surface area contributed by atoms with Crippen molar-refractivity contribution >= 4 is 21.9 Å². The molecule has 0 aliphatic rings. The highest BCUT2D eigenvalue weighted by atomic mass is 79.9. The summed E-state index contributed by atoms with van der Waals surface area (Å²) in [5, 5.41) is 0. The molecule has 4 nitrogen and oxygen atoms in total. The molecule has 0 amide bonds. The summed E-state index contributed by atoms with van der Waals surface area (Å²) >= 11 is 3.38. The molecule has 0 saturated heterocycles. The molecule has 0 bridgehead atoms. The van der Waals surface area contributed by atoms with E-state index in [-0.39, 0.29) is 12.0 Å². The monoisotopic (exact) mass is 322 g/mol. The van der Waals surface area contributed by atoms with Crippen molar-refractivity contribution in [2.45, 2.75) is 19.9 Å². The molecule has 0 spiro atoms. The zero-order valence-electron chi connectivity index (χ0n) is 10.8. The largest absolute Gasteiger partial charge is 0.461 e. The Bertz CT molecular complexity index is 566. The van der Waals surface area contributed by atoms with Gasteiger partial charge in [-0.1, -0.05) is 30.3 Å². The van der Waals surface area contributed by atoms with E-state index in [0.717, 1.165) is 5.56 Å². The minimum atomic E-state index is -0.358. The maximum Gasteiger partial charge on any atom is 0.356 e. The van der Waals surface area contributed by atoms with E-state index >= 15 is 0 Å². The number of benzene rings is 1. The molecule has 0 N–H and O–H groups in total. The van der Waals surface area contributed by atoms with Crippen molar-refractivity contribution < 1.29 is 9.53 Å². The minimum Gasteiger partial charge on any atom is -0.461 e. The van der Waals surface area contributed by atoms with Gasteiger partial charge < -0.3 is 9.30 Å². The van der Waals surface area contributed by atoms with Gasteiger partial charge in [0.25, 0.3) is 0 Å². The number of nitrogens with zero attached hydrogens (tertiary/aromatic N) is 2. The molecule has 1 aromatic heterocycles. The Labute approximate surface area is 120 Å². The van der Waals surface area contributed by atoms with Crippen molar-refractivity contribution in [3.63, 3.8) is 0 Å². The minimum absolute atomic E-state index is 0.00233. The van der Waals surface area contributed by atoms with E-state index in [1.165, 1.54) is 6.20 Å².